The molecular weight excluding hydrogens is 384 g/mol. The summed E-state index contributed by atoms with van der Waals surface area (Å²) in [6.07, 6.45) is 7.22. The summed E-state index contributed by atoms with van der Waals surface area (Å²) < 4.78 is 0. The van der Waals surface area contributed by atoms with Crippen LogP contribution in [0.3, 0.4) is 0 Å². The zero-order chi connectivity index (χ0) is 24.2. The fourth-order valence-electron chi connectivity index (χ4n) is 6.19. The van der Waals surface area contributed by atoms with Gasteiger partial charge in [0.05, 0.1) is 0 Å². The smallest absolute Gasteiger partial charge is 0.00470 e. The molecule has 0 spiro atoms. The highest BCUT2D eigenvalue weighted by atomic mass is 14.5. The SMILES string of the molecule is CCCC(CC)(c1ccc(C(C)(C)C)cc1)C(CC)(CCC)c1ccc(C(C)(C)C)cc1. The van der Waals surface area contributed by atoms with Gasteiger partial charge in [0, 0.05) is 10.8 Å². The maximum atomic E-state index is 2.46. The lowest BCUT2D eigenvalue weighted by molar-refractivity contribution is 0.161. The van der Waals surface area contributed by atoms with Gasteiger partial charge in [-0.3, -0.25) is 0 Å². The van der Waals surface area contributed by atoms with Crippen LogP contribution in [-0.4, -0.2) is 0 Å². The summed E-state index contributed by atoms with van der Waals surface area (Å²) >= 11 is 0. The minimum absolute atomic E-state index is 0.145. The summed E-state index contributed by atoms with van der Waals surface area (Å²) in [5.41, 5.74) is 6.58. The molecule has 2 rings (SSSR count). The summed E-state index contributed by atoms with van der Waals surface area (Å²) in [5, 5.41) is 0. The van der Waals surface area contributed by atoms with Crippen LogP contribution in [0.15, 0.2) is 48.5 Å². The van der Waals surface area contributed by atoms with E-state index in [1.54, 1.807) is 0 Å². The molecule has 2 atom stereocenters. The van der Waals surface area contributed by atoms with Gasteiger partial charge in [0.2, 0.25) is 0 Å². The predicted molar refractivity (Wildman–Crippen MR) is 144 cm³/mol. The molecule has 0 heterocycles. The highest BCUT2D eigenvalue weighted by Crippen LogP contribution is 2.54. The molecule has 0 fully saturated rings. The van der Waals surface area contributed by atoms with Crippen LogP contribution < -0.4 is 0 Å². The molecule has 2 aromatic rings. The van der Waals surface area contributed by atoms with Crippen LogP contribution in [0, 0.1) is 0 Å². The van der Waals surface area contributed by atoms with E-state index in [0.29, 0.717) is 0 Å². The molecule has 0 saturated heterocycles. The number of hydrogen-bond donors (Lipinski definition) is 0. The van der Waals surface area contributed by atoms with Gasteiger partial charge in [0.25, 0.3) is 0 Å². The van der Waals surface area contributed by atoms with Gasteiger partial charge in [-0.2, -0.15) is 0 Å². The van der Waals surface area contributed by atoms with Crippen molar-refractivity contribution in [2.24, 2.45) is 0 Å². The van der Waals surface area contributed by atoms with Gasteiger partial charge in [0.15, 0.2) is 0 Å². The normalized spacial score (nSPS) is 16.4. The first-order chi connectivity index (χ1) is 14.9. The van der Waals surface area contributed by atoms with Crippen molar-refractivity contribution in [3.05, 3.63) is 70.8 Å². The Bertz CT molecular complexity index is 752. The molecule has 2 aromatic carbocycles. The lowest BCUT2D eigenvalue weighted by Crippen LogP contribution is -2.49. The van der Waals surface area contributed by atoms with E-state index in [2.05, 4.69) is 118 Å². The second-order valence-corrected chi connectivity index (χ2v) is 12.0. The number of hydrogen-bond acceptors (Lipinski definition) is 0. The van der Waals surface area contributed by atoms with Gasteiger partial charge >= 0.3 is 0 Å². The lowest BCUT2D eigenvalue weighted by atomic mass is 9.51. The topological polar surface area (TPSA) is 0 Å². The third kappa shape index (κ3) is 5.00. The predicted octanol–water partition coefficient (Wildman–Crippen LogP) is 9.88. The molecule has 0 aliphatic heterocycles. The average molecular weight is 435 g/mol. The van der Waals surface area contributed by atoms with Crippen LogP contribution >= 0.6 is 0 Å². The zero-order valence-corrected chi connectivity index (χ0v) is 22.9. The van der Waals surface area contributed by atoms with E-state index in [0.717, 1.165) is 0 Å². The Kier molecular flexibility index (Phi) is 8.46. The highest BCUT2D eigenvalue weighted by Gasteiger charge is 2.49. The number of rotatable bonds is 9. The molecule has 0 aliphatic carbocycles. The van der Waals surface area contributed by atoms with E-state index < -0.39 is 0 Å². The molecular formula is C32H50. The van der Waals surface area contributed by atoms with E-state index in [9.17, 15) is 0 Å². The molecule has 2 unspecified atom stereocenters. The minimum atomic E-state index is 0.145. The zero-order valence-electron chi connectivity index (χ0n) is 22.9. The summed E-state index contributed by atoms with van der Waals surface area (Å²) in [6.45, 7) is 23.4. The first-order valence-electron chi connectivity index (χ1n) is 13.1. The van der Waals surface area contributed by atoms with Crippen molar-refractivity contribution < 1.29 is 0 Å². The van der Waals surface area contributed by atoms with Crippen molar-refractivity contribution in [1.29, 1.82) is 0 Å². The average Bonchev–Trinajstić information content (AvgIpc) is 2.75. The van der Waals surface area contributed by atoms with Crippen LogP contribution in [0.1, 0.15) is 130 Å². The van der Waals surface area contributed by atoms with E-state index in [1.165, 1.54) is 60.8 Å². The van der Waals surface area contributed by atoms with E-state index >= 15 is 0 Å². The molecule has 0 N–H and O–H groups in total. The molecule has 0 aromatic heterocycles. The van der Waals surface area contributed by atoms with Crippen LogP contribution in [0.25, 0.3) is 0 Å². The maximum Gasteiger partial charge on any atom is 0.00470 e. The van der Waals surface area contributed by atoms with Crippen LogP contribution in [0.2, 0.25) is 0 Å². The Morgan fingerprint density at radius 2 is 0.688 bits per heavy atom. The van der Waals surface area contributed by atoms with Gasteiger partial charge in [-0.05, 0) is 58.8 Å². The Morgan fingerprint density at radius 3 is 0.875 bits per heavy atom. The van der Waals surface area contributed by atoms with Gasteiger partial charge in [-0.1, -0.05) is 131 Å². The second-order valence-electron chi connectivity index (χ2n) is 12.0. The minimum Gasteiger partial charge on any atom is -0.0654 e. The molecule has 0 amide bonds. The Hall–Kier alpha value is -1.56. The second kappa shape index (κ2) is 10.1. The lowest BCUT2D eigenvalue weighted by Gasteiger charge is -2.52. The largest absolute Gasteiger partial charge is 0.0654 e. The third-order valence-electron chi connectivity index (χ3n) is 8.08. The van der Waals surface area contributed by atoms with Crippen LogP contribution in [0.5, 0.6) is 0 Å². The molecule has 178 valence electrons. The summed E-state index contributed by atoms with van der Waals surface area (Å²) in [7, 11) is 0. The molecule has 0 aliphatic rings. The van der Waals surface area contributed by atoms with Crippen molar-refractivity contribution in [3.63, 3.8) is 0 Å². The van der Waals surface area contributed by atoms with Gasteiger partial charge in [-0.25, -0.2) is 0 Å². The van der Waals surface area contributed by atoms with E-state index in [-0.39, 0.29) is 21.7 Å². The standard InChI is InChI=1S/C32H50/c1-11-23-31(13-3,27-19-15-25(16-20-27)29(5,6)7)32(14-4,24-12-2)28-21-17-26(18-22-28)30(8,9)10/h15-22H,11-14,23-24H2,1-10H3. The molecule has 32 heavy (non-hydrogen) atoms. The first-order valence-corrected chi connectivity index (χ1v) is 13.1. The third-order valence-corrected chi connectivity index (χ3v) is 8.08. The van der Waals surface area contributed by atoms with Crippen LogP contribution in [0.4, 0.5) is 0 Å². The monoisotopic (exact) mass is 434 g/mol. The Morgan fingerprint density at radius 1 is 0.438 bits per heavy atom. The van der Waals surface area contributed by atoms with Gasteiger partial charge < -0.3 is 0 Å². The Labute approximate surface area is 200 Å². The first kappa shape index (κ1) is 26.7. The van der Waals surface area contributed by atoms with Gasteiger partial charge in [0.1, 0.15) is 0 Å². The van der Waals surface area contributed by atoms with E-state index in [4.69, 9.17) is 0 Å². The maximum absolute atomic E-state index is 2.46. The molecule has 0 saturated carbocycles. The Balaban J connectivity index is 2.75. The molecule has 0 heteroatoms. The van der Waals surface area contributed by atoms with Crippen molar-refractivity contribution in [2.45, 2.75) is 129 Å². The fourth-order valence-corrected chi connectivity index (χ4v) is 6.19. The fraction of sp³-hybridized carbons (Fsp3) is 0.625. The molecule has 0 bridgehead atoms. The van der Waals surface area contributed by atoms with Gasteiger partial charge in [-0.15, -0.1) is 0 Å². The van der Waals surface area contributed by atoms with E-state index in [1.807, 2.05) is 0 Å². The van der Waals surface area contributed by atoms with Crippen molar-refractivity contribution in [3.8, 4) is 0 Å². The quantitative estimate of drug-likeness (QED) is 0.368. The molecule has 0 nitrogen and oxygen atoms in total. The summed E-state index contributed by atoms with van der Waals surface area (Å²) in [6, 6.07) is 19.4. The van der Waals surface area contributed by atoms with Crippen molar-refractivity contribution in [1.82, 2.24) is 0 Å². The van der Waals surface area contributed by atoms with Crippen LogP contribution in [-0.2, 0) is 21.7 Å². The molecule has 0 radical (unpaired) electrons. The van der Waals surface area contributed by atoms with Crippen molar-refractivity contribution in [2.75, 3.05) is 0 Å². The summed E-state index contributed by atoms with van der Waals surface area (Å²) in [4.78, 5) is 0. The highest BCUT2D eigenvalue weighted by molar-refractivity contribution is 5.42. The number of benzene rings is 2. The summed E-state index contributed by atoms with van der Waals surface area (Å²) in [5.74, 6) is 0. The van der Waals surface area contributed by atoms with Crippen molar-refractivity contribution >= 4 is 0 Å².